The number of likely N-dealkylation sites (N-methyl/N-ethyl adjacent to an activating group) is 1. The number of nitrogens with one attached hydrogen (secondary N) is 1. The molecule has 3 aromatic rings. The lowest BCUT2D eigenvalue weighted by molar-refractivity contribution is -0.126. The third-order valence-electron chi connectivity index (χ3n) is 3.92. The molecular weight excluding hydrogens is 335 g/mol. The number of benzene rings is 2. The topological polar surface area (TPSA) is 75.9 Å². The summed E-state index contributed by atoms with van der Waals surface area (Å²) < 4.78 is 15.7. The third kappa shape index (κ3) is 3.75. The van der Waals surface area contributed by atoms with Crippen molar-refractivity contribution in [2.24, 2.45) is 0 Å². The van der Waals surface area contributed by atoms with Gasteiger partial charge in [0.05, 0.1) is 12.2 Å². The Morgan fingerprint density at radius 2 is 1.85 bits per heavy atom. The lowest BCUT2D eigenvalue weighted by atomic mass is 10.0. The van der Waals surface area contributed by atoms with Crippen molar-refractivity contribution in [3.8, 4) is 5.69 Å². The first-order valence-electron chi connectivity index (χ1n) is 8.09. The number of hydrogen-bond acceptors (Lipinski definition) is 5. The Kier molecular flexibility index (Phi) is 5.33. The molecule has 0 bridgehead atoms. The summed E-state index contributed by atoms with van der Waals surface area (Å²) in [6.07, 6.45) is 0. The van der Waals surface area contributed by atoms with Gasteiger partial charge in [0.15, 0.2) is 5.82 Å². The van der Waals surface area contributed by atoms with Gasteiger partial charge in [-0.2, -0.15) is 4.68 Å². The number of rotatable bonds is 6. The normalized spacial score (nSPS) is 12.2. The molecule has 0 aliphatic carbocycles. The van der Waals surface area contributed by atoms with E-state index in [1.807, 2.05) is 30.3 Å². The average molecular weight is 354 g/mol. The third-order valence-corrected chi connectivity index (χ3v) is 3.92. The number of carbonyl (C=O) groups is 1. The monoisotopic (exact) mass is 354 g/mol. The number of tetrazole rings is 1. The second-order valence-electron chi connectivity index (χ2n) is 5.95. The molecule has 0 radical (unpaired) electrons. The smallest absolute Gasteiger partial charge is 0.242 e. The van der Waals surface area contributed by atoms with Crippen molar-refractivity contribution in [3.63, 3.8) is 0 Å². The molecule has 1 heterocycles. The Morgan fingerprint density at radius 1 is 1.15 bits per heavy atom. The van der Waals surface area contributed by atoms with Crippen molar-refractivity contribution < 1.29 is 9.18 Å². The highest BCUT2D eigenvalue weighted by molar-refractivity contribution is 5.83. The van der Waals surface area contributed by atoms with Gasteiger partial charge in [-0.3, -0.25) is 9.69 Å². The Bertz CT molecular complexity index is 880. The molecule has 1 N–H and O–H groups in total. The van der Waals surface area contributed by atoms with Crippen molar-refractivity contribution in [1.29, 1.82) is 0 Å². The molecule has 0 saturated heterocycles. The van der Waals surface area contributed by atoms with Gasteiger partial charge in [-0.1, -0.05) is 36.4 Å². The van der Waals surface area contributed by atoms with E-state index in [-0.39, 0.29) is 12.5 Å². The van der Waals surface area contributed by atoms with Gasteiger partial charge < -0.3 is 5.32 Å². The van der Waals surface area contributed by atoms with E-state index in [1.54, 1.807) is 41.9 Å². The molecule has 7 nitrogen and oxygen atoms in total. The minimum Gasteiger partial charge on any atom is -0.347 e. The number of halogens is 1. The van der Waals surface area contributed by atoms with Crippen LogP contribution in [0.25, 0.3) is 5.69 Å². The molecule has 134 valence electrons. The van der Waals surface area contributed by atoms with Crippen molar-refractivity contribution in [2.45, 2.75) is 12.6 Å². The highest BCUT2D eigenvalue weighted by Crippen LogP contribution is 2.21. The molecule has 0 fully saturated rings. The van der Waals surface area contributed by atoms with Gasteiger partial charge >= 0.3 is 0 Å². The largest absolute Gasteiger partial charge is 0.347 e. The number of para-hydroxylation sites is 1. The maximum Gasteiger partial charge on any atom is 0.242 e. The second-order valence-corrected chi connectivity index (χ2v) is 5.95. The summed E-state index contributed by atoms with van der Waals surface area (Å²) >= 11 is 0. The zero-order valence-electron chi connectivity index (χ0n) is 14.5. The van der Waals surface area contributed by atoms with E-state index < -0.39 is 11.9 Å². The second kappa shape index (κ2) is 7.83. The van der Waals surface area contributed by atoms with Gasteiger partial charge in [0, 0.05) is 5.56 Å². The fraction of sp³-hybridized carbons (Fsp3) is 0.222. The first-order chi connectivity index (χ1) is 12.6. The summed E-state index contributed by atoms with van der Waals surface area (Å²) in [5.74, 6) is -0.270. The zero-order valence-corrected chi connectivity index (χ0v) is 14.5. The van der Waals surface area contributed by atoms with Gasteiger partial charge in [0.1, 0.15) is 11.9 Å². The first-order valence-corrected chi connectivity index (χ1v) is 8.09. The van der Waals surface area contributed by atoms with E-state index in [0.717, 1.165) is 5.69 Å². The number of aromatic nitrogens is 4. The maximum absolute atomic E-state index is 14.1. The van der Waals surface area contributed by atoms with Gasteiger partial charge in [-0.05, 0) is 42.7 Å². The standard InChI is InChI=1S/C18H19FN6O/c1-24(2)17(14-10-6-7-11-15(14)19)18(26)20-12-16-21-22-23-25(16)13-8-4-3-5-9-13/h3-11,17H,12H2,1-2H3,(H,20,26)/t17-/m1/s1. The van der Waals surface area contributed by atoms with Gasteiger partial charge in [-0.25, -0.2) is 4.39 Å². The van der Waals surface area contributed by atoms with Crippen LogP contribution in [0.4, 0.5) is 4.39 Å². The molecule has 8 heteroatoms. The fourth-order valence-electron chi connectivity index (χ4n) is 2.70. The van der Waals surface area contributed by atoms with Crippen molar-refractivity contribution >= 4 is 5.91 Å². The van der Waals surface area contributed by atoms with E-state index in [0.29, 0.717) is 11.4 Å². The highest BCUT2D eigenvalue weighted by Gasteiger charge is 2.25. The van der Waals surface area contributed by atoms with E-state index in [1.165, 1.54) is 6.07 Å². The first kappa shape index (κ1) is 17.7. The van der Waals surface area contributed by atoms with Gasteiger partial charge in [0.25, 0.3) is 0 Å². The Balaban J connectivity index is 1.76. The lowest BCUT2D eigenvalue weighted by Gasteiger charge is -2.24. The van der Waals surface area contributed by atoms with Crippen LogP contribution in [0, 0.1) is 5.82 Å². The lowest BCUT2D eigenvalue weighted by Crippen LogP contribution is -2.37. The average Bonchev–Trinajstić information content (AvgIpc) is 3.11. The fourth-order valence-corrected chi connectivity index (χ4v) is 2.70. The quantitative estimate of drug-likeness (QED) is 0.729. The predicted molar refractivity (Wildman–Crippen MR) is 93.8 cm³/mol. The number of amides is 1. The molecule has 0 aliphatic rings. The highest BCUT2D eigenvalue weighted by atomic mass is 19.1. The molecular formula is C18H19FN6O. The summed E-state index contributed by atoms with van der Waals surface area (Å²) in [7, 11) is 3.45. The molecule has 0 spiro atoms. The summed E-state index contributed by atoms with van der Waals surface area (Å²) in [5, 5.41) is 14.4. The molecule has 0 unspecified atom stereocenters. The number of hydrogen-bond donors (Lipinski definition) is 1. The van der Waals surface area contributed by atoms with Crippen molar-refractivity contribution in [3.05, 3.63) is 71.8 Å². The van der Waals surface area contributed by atoms with Crippen LogP contribution in [-0.4, -0.2) is 45.1 Å². The van der Waals surface area contributed by atoms with Crippen LogP contribution in [0.5, 0.6) is 0 Å². The van der Waals surface area contributed by atoms with Gasteiger partial charge in [-0.15, -0.1) is 5.10 Å². The summed E-state index contributed by atoms with van der Waals surface area (Å²) in [6.45, 7) is 0.125. The van der Waals surface area contributed by atoms with Crippen LogP contribution >= 0.6 is 0 Å². The van der Waals surface area contributed by atoms with E-state index in [2.05, 4.69) is 20.8 Å². The van der Waals surface area contributed by atoms with Crippen LogP contribution in [0.1, 0.15) is 17.4 Å². The van der Waals surface area contributed by atoms with Crippen molar-refractivity contribution in [2.75, 3.05) is 14.1 Å². The molecule has 1 aromatic heterocycles. The van der Waals surface area contributed by atoms with E-state index in [9.17, 15) is 9.18 Å². The van der Waals surface area contributed by atoms with Crippen LogP contribution in [0.15, 0.2) is 54.6 Å². The van der Waals surface area contributed by atoms with Crippen LogP contribution in [-0.2, 0) is 11.3 Å². The predicted octanol–water partition coefficient (Wildman–Crippen LogP) is 1.72. The molecule has 1 atom stereocenters. The van der Waals surface area contributed by atoms with Crippen LogP contribution in [0.3, 0.4) is 0 Å². The van der Waals surface area contributed by atoms with E-state index >= 15 is 0 Å². The minimum absolute atomic E-state index is 0.125. The molecule has 3 rings (SSSR count). The Hall–Kier alpha value is -3.13. The molecule has 0 aliphatic heterocycles. The number of carbonyl (C=O) groups excluding carboxylic acids is 1. The van der Waals surface area contributed by atoms with E-state index in [4.69, 9.17) is 0 Å². The SMILES string of the molecule is CN(C)[C@@H](C(=O)NCc1nnnn1-c1ccccc1)c1ccccc1F. The Morgan fingerprint density at radius 3 is 2.54 bits per heavy atom. The zero-order chi connectivity index (χ0) is 18.5. The molecule has 1 amide bonds. The summed E-state index contributed by atoms with van der Waals surface area (Å²) in [5.41, 5.74) is 1.11. The Labute approximate surface area is 150 Å². The number of nitrogens with zero attached hydrogens (tertiary/aromatic N) is 5. The van der Waals surface area contributed by atoms with Crippen LogP contribution in [0.2, 0.25) is 0 Å². The van der Waals surface area contributed by atoms with Crippen molar-refractivity contribution in [1.82, 2.24) is 30.4 Å². The maximum atomic E-state index is 14.1. The molecule has 2 aromatic carbocycles. The minimum atomic E-state index is -0.753. The summed E-state index contributed by atoms with van der Waals surface area (Å²) in [4.78, 5) is 14.3. The summed E-state index contributed by atoms with van der Waals surface area (Å²) in [6, 6.07) is 14.9. The van der Waals surface area contributed by atoms with Gasteiger partial charge in [0.2, 0.25) is 5.91 Å². The van der Waals surface area contributed by atoms with Crippen LogP contribution < -0.4 is 5.32 Å². The molecule has 26 heavy (non-hydrogen) atoms. The molecule has 0 saturated carbocycles.